The number of nitrogens with one attached hydrogen (secondary N) is 1. The molecule has 0 radical (unpaired) electrons. The zero-order chi connectivity index (χ0) is 13.8. The first-order chi connectivity index (χ1) is 9.08. The van der Waals surface area contributed by atoms with Crippen molar-refractivity contribution in [1.82, 2.24) is 0 Å². The number of benzene rings is 2. The lowest BCUT2D eigenvalue weighted by molar-refractivity contribution is -0.385. The summed E-state index contributed by atoms with van der Waals surface area (Å²) in [5.74, 6) is 0. The van der Waals surface area contributed by atoms with Gasteiger partial charge in [0, 0.05) is 18.3 Å². The van der Waals surface area contributed by atoms with E-state index in [4.69, 9.17) is 0 Å². The fraction of sp³-hybridized carbons (Fsp3) is 0.143. The van der Waals surface area contributed by atoms with Crippen LogP contribution < -0.4 is 5.32 Å². The summed E-state index contributed by atoms with van der Waals surface area (Å²) in [5, 5.41) is 14.0. The van der Waals surface area contributed by atoms with Crippen molar-refractivity contribution < 1.29 is 4.92 Å². The van der Waals surface area contributed by atoms with Crippen LogP contribution in [0, 0.1) is 17.0 Å². The smallest absolute Gasteiger partial charge is 0.283 e. The van der Waals surface area contributed by atoms with Crippen LogP contribution in [0.25, 0.3) is 0 Å². The predicted octanol–water partition coefficient (Wildman–Crippen LogP) is 4.28. The van der Waals surface area contributed by atoms with E-state index < -0.39 is 4.92 Å². The van der Waals surface area contributed by atoms with Crippen molar-refractivity contribution in [3.63, 3.8) is 0 Å². The number of nitro benzene ring substituents is 1. The van der Waals surface area contributed by atoms with Gasteiger partial charge in [-0.3, -0.25) is 10.1 Å². The number of halogens is 1. The molecule has 0 aliphatic heterocycles. The first-order valence-electron chi connectivity index (χ1n) is 5.80. The van der Waals surface area contributed by atoms with Crippen molar-refractivity contribution in [2.75, 3.05) is 5.32 Å². The van der Waals surface area contributed by atoms with E-state index in [0.717, 1.165) is 5.69 Å². The third-order valence-corrected chi connectivity index (χ3v) is 3.52. The number of anilines is 1. The van der Waals surface area contributed by atoms with Crippen LogP contribution in [-0.2, 0) is 6.54 Å². The molecule has 0 fully saturated rings. The lowest BCUT2D eigenvalue weighted by atomic mass is 10.1. The van der Waals surface area contributed by atoms with Gasteiger partial charge in [-0.2, -0.15) is 0 Å². The molecule has 19 heavy (non-hydrogen) atoms. The maximum atomic E-state index is 10.7. The van der Waals surface area contributed by atoms with E-state index in [9.17, 15) is 10.1 Å². The molecule has 2 aromatic carbocycles. The first kappa shape index (κ1) is 13.5. The standard InChI is InChI=1S/C14H13BrN2O2/c1-10-4-2-3-5-11(10)9-16-12-6-7-14(17(18)19)13(15)8-12/h2-8,16H,9H2,1H3. The molecular formula is C14H13BrN2O2. The van der Waals surface area contributed by atoms with Gasteiger partial charge in [-0.25, -0.2) is 0 Å². The molecule has 0 atom stereocenters. The van der Waals surface area contributed by atoms with Crippen molar-refractivity contribution in [3.8, 4) is 0 Å². The molecule has 1 N–H and O–H groups in total. The van der Waals surface area contributed by atoms with Gasteiger partial charge in [0.05, 0.1) is 9.40 Å². The van der Waals surface area contributed by atoms with Gasteiger partial charge in [0.15, 0.2) is 0 Å². The summed E-state index contributed by atoms with van der Waals surface area (Å²) in [6.45, 7) is 2.75. The Morgan fingerprint density at radius 2 is 2.00 bits per heavy atom. The van der Waals surface area contributed by atoms with Gasteiger partial charge in [0.25, 0.3) is 5.69 Å². The minimum absolute atomic E-state index is 0.0708. The second-order valence-electron chi connectivity index (χ2n) is 4.20. The summed E-state index contributed by atoms with van der Waals surface area (Å²) < 4.78 is 0.479. The Bertz CT molecular complexity index is 614. The van der Waals surface area contributed by atoms with Crippen molar-refractivity contribution >= 4 is 27.3 Å². The summed E-state index contributed by atoms with van der Waals surface area (Å²) in [6.07, 6.45) is 0. The van der Waals surface area contributed by atoms with Crippen LogP contribution in [0.3, 0.4) is 0 Å². The number of nitro groups is 1. The molecule has 0 saturated heterocycles. The highest BCUT2D eigenvalue weighted by Gasteiger charge is 2.11. The maximum Gasteiger partial charge on any atom is 0.283 e. The average Bonchev–Trinajstić information content (AvgIpc) is 2.37. The average molecular weight is 321 g/mol. The van der Waals surface area contributed by atoms with E-state index in [1.54, 1.807) is 12.1 Å². The molecule has 2 rings (SSSR count). The molecule has 0 amide bonds. The zero-order valence-corrected chi connectivity index (χ0v) is 12.0. The van der Waals surface area contributed by atoms with E-state index in [1.165, 1.54) is 17.2 Å². The molecule has 0 aromatic heterocycles. The van der Waals surface area contributed by atoms with Crippen molar-refractivity contribution in [3.05, 3.63) is 68.2 Å². The lowest BCUT2D eigenvalue weighted by Crippen LogP contribution is -2.01. The molecule has 2 aromatic rings. The van der Waals surface area contributed by atoms with Crippen LogP contribution in [-0.4, -0.2) is 4.92 Å². The van der Waals surface area contributed by atoms with E-state index >= 15 is 0 Å². The van der Waals surface area contributed by atoms with Gasteiger partial charge >= 0.3 is 0 Å². The highest BCUT2D eigenvalue weighted by atomic mass is 79.9. The molecule has 0 spiro atoms. The molecule has 98 valence electrons. The van der Waals surface area contributed by atoms with E-state index in [1.807, 2.05) is 12.1 Å². The molecule has 0 saturated carbocycles. The summed E-state index contributed by atoms with van der Waals surface area (Å²) in [6, 6.07) is 13.0. The van der Waals surface area contributed by atoms with E-state index in [0.29, 0.717) is 11.0 Å². The van der Waals surface area contributed by atoms with Crippen LogP contribution in [0.1, 0.15) is 11.1 Å². The van der Waals surface area contributed by atoms with Gasteiger partial charge < -0.3 is 5.32 Å². The Morgan fingerprint density at radius 3 is 2.63 bits per heavy atom. The molecule has 0 aliphatic rings. The Morgan fingerprint density at radius 1 is 1.26 bits per heavy atom. The SMILES string of the molecule is Cc1ccccc1CNc1ccc([N+](=O)[O-])c(Br)c1. The zero-order valence-electron chi connectivity index (χ0n) is 10.4. The Kier molecular flexibility index (Phi) is 4.16. The quantitative estimate of drug-likeness (QED) is 0.675. The van der Waals surface area contributed by atoms with Gasteiger partial charge in [-0.15, -0.1) is 0 Å². The monoisotopic (exact) mass is 320 g/mol. The highest BCUT2D eigenvalue weighted by Crippen LogP contribution is 2.27. The van der Waals surface area contributed by atoms with Crippen LogP contribution in [0.5, 0.6) is 0 Å². The minimum atomic E-state index is -0.408. The van der Waals surface area contributed by atoms with Crippen molar-refractivity contribution in [1.29, 1.82) is 0 Å². The number of aryl methyl sites for hydroxylation is 1. The van der Waals surface area contributed by atoms with Crippen molar-refractivity contribution in [2.24, 2.45) is 0 Å². The lowest BCUT2D eigenvalue weighted by Gasteiger charge is -2.09. The third kappa shape index (κ3) is 3.32. The fourth-order valence-electron chi connectivity index (χ4n) is 1.77. The predicted molar refractivity (Wildman–Crippen MR) is 79.3 cm³/mol. The molecule has 5 heteroatoms. The topological polar surface area (TPSA) is 55.2 Å². The Balaban J connectivity index is 2.11. The van der Waals surface area contributed by atoms with Crippen LogP contribution in [0.2, 0.25) is 0 Å². The third-order valence-electron chi connectivity index (χ3n) is 2.89. The van der Waals surface area contributed by atoms with Crippen molar-refractivity contribution in [2.45, 2.75) is 13.5 Å². The summed E-state index contributed by atoms with van der Waals surface area (Å²) >= 11 is 3.21. The summed E-state index contributed by atoms with van der Waals surface area (Å²) in [5.41, 5.74) is 3.34. The van der Waals surface area contributed by atoms with Crippen LogP contribution in [0.15, 0.2) is 46.9 Å². The normalized spacial score (nSPS) is 10.2. The number of nitrogens with zero attached hydrogens (tertiary/aromatic N) is 1. The number of rotatable bonds is 4. The number of hydrogen-bond acceptors (Lipinski definition) is 3. The Labute approximate surface area is 119 Å². The number of hydrogen-bond donors (Lipinski definition) is 1. The molecule has 0 bridgehead atoms. The largest absolute Gasteiger partial charge is 0.381 e. The van der Waals surface area contributed by atoms with Gasteiger partial charge in [0.2, 0.25) is 0 Å². The fourth-order valence-corrected chi connectivity index (χ4v) is 2.29. The second-order valence-corrected chi connectivity index (χ2v) is 5.06. The van der Waals surface area contributed by atoms with Gasteiger partial charge in [0.1, 0.15) is 0 Å². The minimum Gasteiger partial charge on any atom is -0.381 e. The van der Waals surface area contributed by atoms with E-state index in [2.05, 4.69) is 40.3 Å². The van der Waals surface area contributed by atoms with Crippen LogP contribution >= 0.6 is 15.9 Å². The van der Waals surface area contributed by atoms with Gasteiger partial charge in [-0.1, -0.05) is 24.3 Å². The van der Waals surface area contributed by atoms with Crippen LogP contribution in [0.4, 0.5) is 11.4 Å². The van der Waals surface area contributed by atoms with Gasteiger partial charge in [-0.05, 0) is 46.1 Å². The first-order valence-corrected chi connectivity index (χ1v) is 6.59. The highest BCUT2D eigenvalue weighted by molar-refractivity contribution is 9.10. The maximum absolute atomic E-state index is 10.7. The molecule has 0 unspecified atom stereocenters. The second kappa shape index (κ2) is 5.84. The summed E-state index contributed by atoms with van der Waals surface area (Å²) in [7, 11) is 0. The molecule has 4 nitrogen and oxygen atoms in total. The molecule has 0 aliphatic carbocycles. The van der Waals surface area contributed by atoms with E-state index in [-0.39, 0.29) is 5.69 Å². The molecular weight excluding hydrogens is 308 g/mol. The molecule has 0 heterocycles. The summed E-state index contributed by atoms with van der Waals surface area (Å²) in [4.78, 5) is 10.3. The Hall–Kier alpha value is -1.88.